The molecule has 0 spiro atoms. The third kappa shape index (κ3) is 5.23. The zero-order valence-corrected chi connectivity index (χ0v) is 20.2. The van der Waals surface area contributed by atoms with Gasteiger partial charge in [-0.3, -0.25) is 14.3 Å². The van der Waals surface area contributed by atoms with E-state index in [1.165, 1.54) is 25.7 Å². The highest BCUT2D eigenvalue weighted by Gasteiger charge is 2.13. The quantitative estimate of drug-likeness (QED) is 0.367. The van der Waals surface area contributed by atoms with Crippen LogP contribution in [0.1, 0.15) is 25.7 Å². The first-order valence-electron chi connectivity index (χ1n) is 12.3. The smallest absolute Gasteiger partial charge is 0.265 e. The third-order valence-corrected chi connectivity index (χ3v) is 6.66. The normalized spacial score (nSPS) is 14.5. The van der Waals surface area contributed by atoms with Crippen molar-refractivity contribution in [1.82, 2.24) is 14.5 Å². The van der Waals surface area contributed by atoms with Crippen molar-refractivity contribution in [3.05, 3.63) is 83.4 Å². The Bertz CT molecular complexity index is 1340. The molecular weight excluding hydrogens is 438 g/mol. The second-order valence-electron chi connectivity index (χ2n) is 8.96. The van der Waals surface area contributed by atoms with E-state index in [2.05, 4.69) is 9.88 Å². The molecule has 6 nitrogen and oxygen atoms in total. The van der Waals surface area contributed by atoms with Crippen molar-refractivity contribution in [3.63, 3.8) is 0 Å². The van der Waals surface area contributed by atoms with Gasteiger partial charge in [0.2, 0.25) is 0 Å². The average Bonchev–Trinajstić information content (AvgIpc) is 3.18. The van der Waals surface area contributed by atoms with Gasteiger partial charge in [-0.25, -0.2) is 4.98 Å². The van der Waals surface area contributed by atoms with E-state index in [0.717, 1.165) is 30.8 Å². The number of likely N-dealkylation sites (tertiary alicyclic amines) is 1. The topological polar surface area (TPSA) is 56.6 Å². The van der Waals surface area contributed by atoms with Gasteiger partial charge >= 0.3 is 0 Å². The highest BCUT2D eigenvalue weighted by Crippen LogP contribution is 2.29. The predicted molar refractivity (Wildman–Crippen MR) is 140 cm³/mol. The van der Waals surface area contributed by atoms with E-state index in [0.29, 0.717) is 34.7 Å². The number of nitrogens with zero attached hydrogens (tertiary/aromatic N) is 3. The van der Waals surface area contributed by atoms with Crippen LogP contribution in [0, 0.1) is 0 Å². The zero-order valence-electron chi connectivity index (χ0n) is 20.2. The Balaban J connectivity index is 1.36. The fourth-order valence-electron chi connectivity index (χ4n) is 4.69. The molecular formula is C29H31N3O3. The van der Waals surface area contributed by atoms with Crippen LogP contribution < -0.4 is 15.0 Å². The maximum Gasteiger partial charge on any atom is 0.265 e. The highest BCUT2D eigenvalue weighted by atomic mass is 16.5. The summed E-state index contributed by atoms with van der Waals surface area (Å²) in [5.41, 5.74) is 3.37. The maximum absolute atomic E-state index is 13.3. The fraction of sp³-hybridized carbons (Fsp3) is 0.310. The van der Waals surface area contributed by atoms with Gasteiger partial charge in [0.15, 0.2) is 11.5 Å². The van der Waals surface area contributed by atoms with Crippen molar-refractivity contribution >= 4 is 10.9 Å². The first-order valence-corrected chi connectivity index (χ1v) is 12.3. The van der Waals surface area contributed by atoms with Crippen LogP contribution in [-0.4, -0.2) is 47.8 Å². The van der Waals surface area contributed by atoms with Gasteiger partial charge in [0.05, 0.1) is 23.7 Å². The van der Waals surface area contributed by atoms with E-state index >= 15 is 0 Å². The predicted octanol–water partition coefficient (Wildman–Crippen LogP) is 5.32. The molecule has 0 amide bonds. The zero-order chi connectivity index (χ0) is 24.0. The summed E-state index contributed by atoms with van der Waals surface area (Å²) in [6, 6.07) is 21.4. The molecule has 0 atom stereocenters. The molecule has 1 fully saturated rings. The van der Waals surface area contributed by atoms with Gasteiger partial charge in [-0.15, -0.1) is 0 Å². The lowest BCUT2D eigenvalue weighted by Gasteiger charge is -2.20. The standard InChI is InChI=1S/C29H31N3O3/c1-34-28-20-24(12-14-27(28)35-18-17-31-15-7-2-3-8-16-31)32-21-30-26-19-23(11-13-25(26)29(32)33)22-9-5-4-6-10-22/h4-6,9-14,19-21H,2-3,7-8,15-18H2,1H3. The largest absolute Gasteiger partial charge is 0.493 e. The van der Waals surface area contributed by atoms with Crippen LogP contribution in [0.2, 0.25) is 0 Å². The second kappa shape index (κ2) is 10.7. The number of rotatable bonds is 7. The van der Waals surface area contributed by atoms with Gasteiger partial charge in [-0.1, -0.05) is 49.2 Å². The fourth-order valence-corrected chi connectivity index (χ4v) is 4.69. The first-order chi connectivity index (χ1) is 17.2. The first kappa shape index (κ1) is 23.1. The van der Waals surface area contributed by atoms with Crippen LogP contribution in [-0.2, 0) is 0 Å². The summed E-state index contributed by atoms with van der Waals surface area (Å²) in [6.45, 7) is 3.80. The lowest BCUT2D eigenvalue weighted by atomic mass is 10.0. The third-order valence-electron chi connectivity index (χ3n) is 6.66. The molecule has 6 heteroatoms. The molecule has 1 aliphatic rings. The summed E-state index contributed by atoms with van der Waals surface area (Å²) >= 11 is 0. The summed E-state index contributed by atoms with van der Waals surface area (Å²) in [5, 5.41) is 0.573. The number of aromatic nitrogens is 2. The molecule has 35 heavy (non-hydrogen) atoms. The van der Waals surface area contributed by atoms with Crippen LogP contribution >= 0.6 is 0 Å². The summed E-state index contributed by atoms with van der Waals surface area (Å²) < 4.78 is 13.2. The van der Waals surface area contributed by atoms with Crippen LogP contribution in [0.3, 0.4) is 0 Å². The van der Waals surface area contributed by atoms with E-state index in [1.54, 1.807) is 18.0 Å². The van der Waals surface area contributed by atoms with Crippen molar-refractivity contribution in [3.8, 4) is 28.3 Å². The van der Waals surface area contributed by atoms with E-state index in [4.69, 9.17) is 9.47 Å². The van der Waals surface area contributed by atoms with E-state index < -0.39 is 0 Å². The number of hydrogen-bond donors (Lipinski definition) is 0. The number of hydrogen-bond acceptors (Lipinski definition) is 5. The number of methoxy groups -OCH3 is 1. The molecule has 4 aromatic rings. The molecule has 5 rings (SSSR count). The van der Waals surface area contributed by atoms with Gasteiger partial charge in [0.25, 0.3) is 5.56 Å². The van der Waals surface area contributed by atoms with Crippen LogP contribution in [0.15, 0.2) is 77.9 Å². The summed E-state index contributed by atoms with van der Waals surface area (Å²) in [5.74, 6) is 1.28. The Kier molecular flexibility index (Phi) is 7.09. The molecule has 0 bridgehead atoms. The molecule has 3 aromatic carbocycles. The number of ether oxygens (including phenoxy) is 2. The molecule has 1 saturated heterocycles. The van der Waals surface area contributed by atoms with Gasteiger partial charge in [0.1, 0.15) is 12.9 Å². The minimum atomic E-state index is -0.119. The summed E-state index contributed by atoms with van der Waals surface area (Å²) in [6.07, 6.45) is 6.75. The van der Waals surface area contributed by atoms with Crippen LogP contribution in [0.4, 0.5) is 0 Å². The van der Waals surface area contributed by atoms with Crippen molar-refractivity contribution in [1.29, 1.82) is 0 Å². The molecule has 0 unspecified atom stereocenters. The Morgan fingerprint density at radius 2 is 1.66 bits per heavy atom. The Labute approximate surface area is 205 Å². The van der Waals surface area contributed by atoms with Crippen LogP contribution in [0.25, 0.3) is 27.7 Å². The number of fused-ring (bicyclic) bond motifs is 1. The SMILES string of the molecule is COc1cc(-n2cnc3cc(-c4ccccc4)ccc3c2=O)ccc1OCCN1CCCCCC1. The Morgan fingerprint density at radius 1 is 0.857 bits per heavy atom. The maximum atomic E-state index is 13.3. The van der Waals surface area contributed by atoms with E-state index in [-0.39, 0.29) is 5.56 Å². The van der Waals surface area contributed by atoms with Crippen molar-refractivity contribution in [2.24, 2.45) is 0 Å². The van der Waals surface area contributed by atoms with E-state index in [9.17, 15) is 4.79 Å². The molecule has 2 heterocycles. The minimum Gasteiger partial charge on any atom is -0.493 e. The molecule has 0 radical (unpaired) electrons. The lowest BCUT2D eigenvalue weighted by Crippen LogP contribution is -2.29. The van der Waals surface area contributed by atoms with E-state index in [1.807, 2.05) is 66.7 Å². The Morgan fingerprint density at radius 3 is 2.43 bits per heavy atom. The van der Waals surface area contributed by atoms with Crippen LogP contribution in [0.5, 0.6) is 11.5 Å². The molecule has 0 aliphatic carbocycles. The average molecular weight is 470 g/mol. The molecule has 0 N–H and O–H groups in total. The lowest BCUT2D eigenvalue weighted by molar-refractivity contribution is 0.209. The van der Waals surface area contributed by atoms with Gasteiger partial charge < -0.3 is 9.47 Å². The van der Waals surface area contributed by atoms with Crippen molar-refractivity contribution in [2.75, 3.05) is 33.4 Å². The summed E-state index contributed by atoms with van der Waals surface area (Å²) in [7, 11) is 1.62. The minimum absolute atomic E-state index is 0.119. The van der Waals surface area contributed by atoms with Gasteiger partial charge in [-0.2, -0.15) is 0 Å². The molecule has 0 saturated carbocycles. The van der Waals surface area contributed by atoms with Crippen molar-refractivity contribution in [2.45, 2.75) is 25.7 Å². The monoisotopic (exact) mass is 469 g/mol. The molecule has 180 valence electrons. The molecule has 1 aliphatic heterocycles. The summed E-state index contributed by atoms with van der Waals surface area (Å²) in [4.78, 5) is 20.3. The molecule has 1 aromatic heterocycles. The second-order valence-corrected chi connectivity index (χ2v) is 8.96. The highest BCUT2D eigenvalue weighted by molar-refractivity contribution is 5.83. The Hall–Kier alpha value is -3.64. The number of benzene rings is 3. The van der Waals surface area contributed by atoms with Gasteiger partial charge in [0, 0.05) is 12.6 Å². The van der Waals surface area contributed by atoms with Crippen molar-refractivity contribution < 1.29 is 9.47 Å². The van der Waals surface area contributed by atoms with Gasteiger partial charge in [-0.05, 0) is 61.3 Å².